The van der Waals surface area contributed by atoms with E-state index < -0.39 is 0 Å². The Bertz CT molecular complexity index is 1250. The molecule has 6 nitrogen and oxygen atoms in total. The van der Waals surface area contributed by atoms with Crippen molar-refractivity contribution in [2.45, 2.75) is 26.8 Å². The maximum Gasteiger partial charge on any atom is 0.295 e. The van der Waals surface area contributed by atoms with E-state index in [1.807, 2.05) is 67.2 Å². The van der Waals surface area contributed by atoms with E-state index in [2.05, 4.69) is 24.4 Å². The maximum absolute atomic E-state index is 13.0. The van der Waals surface area contributed by atoms with E-state index in [0.717, 1.165) is 23.0 Å². The largest absolute Gasteiger partial charge is 0.338 e. The fourth-order valence-corrected chi connectivity index (χ4v) is 3.65. The average molecular weight is 388 g/mol. The number of rotatable bonds is 5. The molecule has 4 rings (SSSR count). The Morgan fingerprint density at radius 1 is 1.07 bits per heavy atom. The second-order valence-corrected chi connectivity index (χ2v) is 7.18. The second-order valence-electron chi connectivity index (χ2n) is 7.18. The Morgan fingerprint density at radius 2 is 1.83 bits per heavy atom. The molecule has 2 aromatic carbocycles. The molecule has 1 amide bonds. The van der Waals surface area contributed by atoms with E-state index in [1.165, 1.54) is 5.56 Å². The summed E-state index contributed by atoms with van der Waals surface area (Å²) in [5.74, 6) is -0.229. The zero-order valence-electron chi connectivity index (χ0n) is 16.8. The number of aromatic nitrogens is 3. The first kappa shape index (κ1) is 18.8. The lowest BCUT2D eigenvalue weighted by Gasteiger charge is -2.07. The van der Waals surface area contributed by atoms with Crippen molar-refractivity contribution in [3.8, 4) is 5.69 Å². The summed E-state index contributed by atoms with van der Waals surface area (Å²) < 4.78 is 5.21. The Balaban J connectivity index is 1.60. The summed E-state index contributed by atoms with van der Waals surface area (Å²) in [5, 5.41) is 3.93. The zero-order chi connectivity index (χ0) is 20.5. The second kappa shape index (κ2) is 7.47. The van der Waals surface area contributed by atoms with Gasteiger partial charge in [0.1, 0.15) is 12.2 Å². The molecule has 0 aliphatic rings. The first-order chi connectivity index (χ1) is 14.0. The van der Waals surface area contributed by atoms with Crippen LogP contribution in [0.25, 0.3) is 16.6 Å². The molecule has 29 heavy (non-hydrogen) atoms. The van der Waals surface area contributed by atoms with Gasteiger partial charge in [-0.25, -0.2) is 4.68 Å². The molecule has 0 saturated carbocycles. The minimum absolute atomic E-state index is 0.147. The van der Waals surface area contributed by atoms with Crippen molar-refractivity contribution < 1.29 is 4.79 Å². The molecule has 0 fully saturated rings. The van der Waals surface area contributed by atoms with Gasteiger partial charge < -0.3 is 9.88 Å². The van der Waals surface area contributed by atoms with Crippen molar-refractivity contribution >= 4 is 22.5 Å². The standard InChI is InChI=1S/C23H24N4O2/c1-4-17-10-11-20-18(14-17)12-13-26(20)15-21(28)24-22-16(2)25(3)27(23(22)29)19-8-6-5-7-9-19/h5-14H,4,15H2,1-3H3,(H,24,28). The van der Waals surface area contributed by atoms with Gasteiger partial charge in [-0.1, -0.05) is 31.2 Å². The molecule has 0 aliphatic carbocycles. The molecule has 0 bridgehead atoms. The van der Waals surface area contributed by atoms with Crippen molar-refractivity contribution in [1.29, 1.82) is 0 Å². The third-order valence-electron chi connectivity index (χ3n) is 5.38. The highest BCUT2D eigenvalue weighted by atomic mass is 16.2. The Morgan fingerprint density at radius 3 is 2.55 bits per heavy atom. The van der Waals surface area contributed by atoms with Gasteiger partial charge in [-0.05, 0) is 54.6 Å². The minimum atomic E-state index is -0.241. The van der Waals surface area contributed by atoms with Gasteiger partial charge in [0.05, 0.1) is 11.4 Å². The topological polar surface area (TPSA) is 61.0 Å². The van der Waals surface area contributed by atoms with Crippen LogP contribution in [0.2, 0.25) is 0 Å². The average Bonchev–Trinajstić information content (AvgIpc) is 3.22. The first-order valence-corrected chi connectivity index (χ1v) is 9.71. The quantitative estimate of drug-likeness (QED) is 0.567. The van der Waals surface area contributed by atoms with Crippen LogP contribution in [0.4, 0.5) is 5.69 Å². The number of fused-ring (bicyclic) bond motifs is 1. The lowest BCUT2D eigenvalue weighted by atomic mass is 10.1. The number of nitrogens with zero attached hydrogens (tertiary/aromatic N) is 3. The summed E-state index contributed by atoms with van der Waals surface area (Å²) in [6.45, 7) is 4.10. The molecular weight excluding hydrogens is 364 g/mol. The molecule has 0 saturated heterocycles. The third-order valence-corrected chi connectivity index (χ3v) is 5.38. The lowest BCUT2D eigenvalue weighted by Crippen LogP contribution is -2.24. The predicted octanol–water partition coefficient (Wildman–Crippen LogP) is 3.64. The van der Waals surface area contributed by atoms with Gasteiger partial charge in [0.25, 0.3) is 5.56 Å². The Hall–Kier alpha value is -3.54. The van der Waals surface area contributed by atoms with Gasteiger partial charge in [-0.15, -0.1) is 0 Å². The molecule has 0 atom stereocenters. The molecule has 2 heterocycles. The van der Waals surface area contributed by atoms with E-state index in [-0.39, 0.29) is 18.0 Å². The predicted molar refractivity (Wildman–Crippen MR) is 116 cm³/mol. The lowest BCUT2D eigenvalue weighted by molar-refractivity contribution is -0.116. The van der Waals surface area contributed by atoms with Crippen LogP contribution < -0.4 is 10.9 Å². The Kier molecular flexibility index (Phi) is 4.84. The summed E-state index contributed by atoms with van der Waals surface area (Å²) in [6, 6.07) is 17.7. The highest BCUT2D eigenvalue weighted by Crippen LogP contribution is 2.19. The number of anilines is 1. The van der Waals surface area contributed by atoms with Gasteiger partial charge in [0.2, 0.25) is 5.91 Å². The number of hydrogen-bond acceptors (Lipinski definition) is 2. The molecular formula is C23H24N4O2. The van der Waals surface area contributed by atoms with Crippen molar-refractivity contribution in [3.05, 3.63) is 82.4 Å². The van der Waals surface area contributed by atoms with Gasteiger partial charge in [0.15, 0.2) is 0 Å². The first-order valence-electron chi connectivity index (χ1n) is 9.71. The highest BCUT2D eigenvalue weighted by Gasteiger charge is 2.18. The summed E-state index contributed by atoms with van der Waals surface area (Å²) in [5.41, 5.74) is 3.80. The number of aryl methyl sites for hydroxylation is 1. The molecule has 0 unspecified atom stereocenters. The number of para-hydroxylation sites is 1. The van der Waals surface area contributed by atoms with Crippen LogP contribution in [-0.2, 0) is 24.8 Å². The van der Waals surface area contributed by atoms with Crippen LogP contribution in [0, 0.1) is 6.92 Å². The monoisotopic (exact) mass is 388 g/mol. The molecule has 2 aromatic heterocycles. The highest BCUT2D eigenvalue weighted by molar-refractivity contribution is 5.92. The van der Waals surface area contributed by atoms with E-state index in [9.17, 15) is 9.59 Å². The molecule has 6 heteroatoms. The van der Waals surface area contributed by atoms with Crippen LogP contribution in [0.3, 0.4) is 0 Å². The summed E-state index contributed by atoms with van der Waals surface area (Å²) in [7, 11) is 1.81. The molecule has 0 aliphatic heterocycles. The fraction of sp³-hybridized carbons (Fsp3) is 0.217. The summed E-state index contributed by atoms with van der Waals surface area (Å²) >= 11 is 0. The van der Waals surface area contributed by atoms with Gasteiger partial charge >= 0.3 is 0 Å². The minimum Gasteiger partial charge on any atom is -0.338 e. The SMILES string of the molecule is CCc1ccc2c(ccn2CC(=O)Nc2c(C)n(C)n(-c3ccccc3)c2=O)c1. The molecule has 4 aromatic rings. The third kappa shape index (κ3) is 3.38. The molecule has 0 radical (unpaired) electrons. The van der Waals surface area contributed by atoms with Crippen molar-refractivity contribution in [2.75, 3.05) is 5.32 Å². The van der Waals surface area contributed by atoms with Crippen LogP contribution >= 0.6 is 0 Å². The number of nitrogens with one attached hydrogen (secondary N) is 1. The summed E-state index contributed by atoms with van der Waals surface area (Å²) in [4.78, 5) is 25.7. The number of hydrogen-bond donors (Lipinski definition) is 1. The van der Waals surface area contributed by atoms with E-state index >= 15 is 0 Å². The van der Waals surface area contributed by atoms with Crippen LogP contribution in [0.15, 0.2) is 65.6 Å². The van der Waals surface area contributed by atoms with Crippen LogP contribution in [-0.4, -0.2) is 19.8 Å². The smallest absolute Gasteiger partial charge is 0.295 e. The van der Waals surface area contributed by atoms with Crippen molar-refractivity contribution in [3.63, 3.8) is 0 Å². The fourth-order valence-electron chi connectivity index (χ4n) is 3.65. The van der Waals surface area contributed by atoms with Crippen molar-refractivity contribution in [1.82, 2.24) is 13.9 Å². The van der Waals surface area contributed by atoms with E-state index in [1.54, 1.807) is 9.36 Å². The zero-order valence-corrected chi connectivity index (χ0v) is 16.8. The van der Waals surface area contributed by atoms with Gasteiger partial charge in [-0.2, -0.15) is 0 Å². The number of amides is 1. The molecule has 1 N–H and O–H groups in total. The molecule has 148 valence electrons. The number of carbonyl (C=O) groups is 1. The summed E-state index contributed by atoms with van der Waals surface area (Å²) in [6.07, 6.45) is 2.88. The van der Waals surface area contributed by atoms with Crippen LogP contribution in [0.5, 0.6) is 0 Å². The number of benzene rings is 2. The normalized spacial score (nSPS) is 11.1. The van der Waals surface area contributed by atoms with Gasteiger partial charge in [-0.3, -0.25) is 14.3 Å². The van der Waals surface area contributed by atoms with Crippen molar-refractivity contribution in [2.24, 2.45) is 7.05 Å². The molecule has 0 spiro atoms. The number of carbonyl (C=O) groups excluding carboxylic acids is 1. The Labute approximate surface area is 169 Å². The van der Waals surface area contributed by atoms with E-state index in [4.69, 9.17) is 0 Å². The van der Waals surface area contributed by atoms with Crippen LogP contribution in [0.1, 0.15) is 18.2 Å². The maximum atomic E-state index is 13.0. The van der Waals surface area contributed by atoms with E-state index in [0.29, 0.717) is 11.4 Å². The van der Waals surface area contributed by atoms with Gasteiger partial charge in [0, 0.05) is 18.8 Å².